The molecule has 14 heavy (non-hydrogen) atoms. The van der Waals surface area contributed by atoms with Gasteiger partial charge in [0, 0.05) is 26.2 Å². The third-order valence-electron chi connectivity index (χ3n) is 2.41. The Bertz CT molecular complexity index is 193. The fourth-order valence-electron chi connectivity index (χ4n) is 1.42. The molecule has 2 amide bonds. The van der Waals surface area contributed by atoms with Crippen molar-refractivity contribution < 1.29 is 9.53 Å². The van der Waals surface area contributed by atoms with Gasteiger partial charge in [0.25, 0.3) is 0 Å². The molecule has 0 radical (unpaired) electrons. The number of nitrogens with one attached hydrogen (secondary N) is 2. The van der Waals surface area contributed by atoms with Crippen LogP contribution in [0.15, 0.2) is 0 Å². The van der Waals surface area contributed by atoms with Gasteiger partial charge in [-0.05, 0) is 0 Å². The number of urea groups is 1. The Labute approximate surface area is 89.6 Å². The molecule has 2 saturated heterocycles. The molecule has 0 aromatic heterocycles. The van der Waals surface area contributed by atoms with Crippen LogP contribution in [0.4, 0.5) is 4.79 Å². The van der Waals surface area contributed by atoms with Crippen LogP contribution in [0.5, 0.6) is 0 Å². The molecular formula is C8H16ClN3O2. The van der Waals surface area contributed by atoms with Crippen LogP contribution in [0.1, 0.15) is 0 Å². The summed E-state index contributed by atoms with van der Waals surface area (Å²) in [6.45, 7) is 4.55. The van der Waals surface area contributed by atoms with Crippen LogP contribution < -0.4 is 10.6 Å². The van der Waals surface area contributed by atoms with E-state index in [1.54, 1.807) is 0 Å². The van der Waals surface area contributed by atoms with Gasteiger partial charge in [0.2, 0.25) is 0 Å². The lowest BCUT2D eigenvalue weighted by molar-refractivity contribution is 0.0520. The smallest absolute Gasteiger partial charge is 0.317 e. The number of hydrogen-bond acceptors (Lipinski definition) is 3. The molecular weight excluding hydrogens is 206 g/mol. The first kappa shape index (κ1) is 11.6. The van der Waals surface area contributed by atoms with E-state index in [-0.39, 0.29) is 18.4 Å². The number of carbonyl (C=O) groups is 1. The Morgan fingerprint density at radius 3 is 2.50 bits per heavy atom. The predicted molar refractivity (Wildman–Crippen MR) is 54.8 cm³/mol. The van der Waals surface area contributed by atoms with E-state index in [2.05, 4.69) is 10.6 Å². The summed E-state index contributed by atoms with van der Waals surface area (Å²) in [4.78, 5) is 13.3. The number of ether oxygens (including phenoxy) is 1. The summed E-state index contributed by atoms with van der Waals surface area (Å²) in [5.74, 6) is 0. The molecule has 2 N–H and O–H groups in total. The SMILES string of the molecule is Cl.O=C(NC1CNC1)N1CCOCC1. The van der Waals surface area contributed by atoms with E-state index in [1.165, 1.54) is 0 Å². The number of carbonyl (C=O) groups excluding carboxylic acids is 1. The van der Waals surface area contributed by atoms with Gasteiger partial charge in [-0.1, -0.05) is 0 Å². The summed E-state index contributed by atoms with van der Waals surface area (Å²) in [6, 6.07) is 0.380. The lowest BCUT2D eigenvalue weighted by atomic mass is 10.2. The number of hydrogen-bond donors (Lipinski definition) is 2. The highest BCUT2D eigenvalue weighted by atomic mass is 35.5. The lowest BCUT2D eigenvalue weighted by Gasteiger charge is -2.33. The van der Waals surface area contributed by atoms with Crippen LogP contribution >= 0.6 is 12.4 Å². The number of rotatable bonds is 1. The Morgan fingerprint density at radius 1 is 1.36 bits per heavy atom. The second kappa shape index (κ2) is 5.38. The van der Waals surface area contributed by atoms with E-state index >= 15 is 0 Å². The molecule has 2 aliphatic heterocycles. The monoisotopic (exact) mass is 221 g/mol. The lowest BCUT2D eigenvalue weighted by Crippen LogP contribution is -2.60. The average molecular weight is 222 g/mol. The standard InChI is InChI=1S/C8H15N3O2.ClH/c12-8(10-7-5-9-6-7)11-1-3-13-4-2-11;/h7,9H,1-6H2,(H,10,12);1H. The fourth-order valence-corrected chi connectivity index (χ4v) is 1.42. The normalized spacial score (nSPS) is 22.1. The topological polar surface area (TPSA) is 53.6 Å². The van der Waals surface area contributed by atoms with Crippen molar-refractivity contribution >= 4 is 18.4 Å². The zero-order valence-corrected chi connectivity index (χ0v) is 8.81. The Morgan fingerprint density at radius 2 is 2.00 bits per heavy atom. The predicted octanol–water partition coefficient (Wildman–Crippen LogP) is -0.578. The van der Waals surface area contributed by atoms with Crippen molar-refractivity contribution in [2.24, 2.45) is 0 Å². The maximum atomic E-state index is 11.5. The molecule has 2 rings (SSSR count). The van der Waals surface area contributed by atoms with Crippen LogP contribution in [0.2, 0.25) is 0 Å². The molecule has 0 saturated carbocycles. The van der Waals surface area contributed by atoms with Gasteiger partial charge in [-0.15, -0.1) is 12.4 Å². The molecule has 0 spiro atoms. The first-order valence-corrected chi connectivity index (χ1v) is 4.70. The van der Waals surface area contributed by atoms with E-state index in [0.29, 0.717) is 32.3 Å². The molecule has 0 atom stereocenters. The summed E-state index contributed by atoms with van der Waals surface area (Å²) < 4.78 is 5.16. The van der Waals surface area contributed by atoms with Gasteiger partial charge < -0.3 is 20.3 Å². The quantitative estimate of drug-likeness (QED) is 0.623. The second-order valence-electron chi connectivity index (χ2n) is 3.40. The number of amides is 2. The summed E-state index contributed by atoms with van der Waals surface area (Å²) in [6.07, 6.45) is 0. The van der Waals surface area contributed by atoms with Gasteiger partial charge >= 0.3 is 6.03 Å². The minimum Gasteiger partial charge on any atom is -0.378 e. The summed E-state index contributed by atoms with van der Waals surface area (Å²) in [5, 5.41) is 6.07. The van der Waals surface area contributed by atoms with Crippen molar-refractivity contribution in [2.45, 2.75) is 6.04 Å². The molecule has 2 aliphatic rings. The maximum Gasteiger partial charge on any atom is 0.317 e. The summed E-state index contributed by atoms with van der Waals surface area (Å²) in [5.41, 5.74) is 0. The van der Waals surface area contributed by atoms with Gasteiger partial charge in [0.05, 0.1) is 19.3 Å². The Kier molecular flexibility index (Phi) is 4.44. The van der Waals surface area contributed by atoms with Crippen molar-refractivity contribution in [1.82, 2.24) is 15.5 Å². The van der Waals surface area contributed by atoms with Gasteiger partial charge in [0.15, 0.2) is 0 Å². The van der Waals surface area contributed by atoms with E-state index in [1.807, 2.05) is 4.90 Å². The van der Waals surface area contributed by atoms with Crippen LogP contribution in [0.3, 0.4) is 0 Å². The molecule has 0 aromatic rings. The Balaban J connectivity index is 0.000000980. The molecule has 0 unspecified atom stereocenters. The molecule has 5 nitrogen and oxygen atoms in total. The van der Waals surface area contributed by atoms with Crippen molar-refractivity contribution in [3.8, 4) is 0 Å². The minimum atomic E-state index is 0. The van der Waals surface area contributed by atoms with Gasteiger partial charge in [0.1, 0.15) is 0 Å². The van der Waals surface area contributed by atoms with Crippen LogP contribution in [0, 0.1) is 0 Å². The highest BCUT2D eigenvalue weighted by Crippen LogP contribution is 1.99. The summed E-state index contributed by atoms with van der Waals surface area (Å²) >= 11 is 0. The first-order valence-electron chi connectivity index (χ1n) is 4.70. The van der Waals surface area contributed by atoms with Crippen molar-refractivity contribution in [2.75, 3.05) is 39.4 Å². The highest BCUT2D eigenvalue weighted by Gasteiger charge is 2.23. The third-order valence-corrected chi connectivity index (χ3v) is 2.41. The number of halogens is 1. The van der Waals surface area contributed by atoms with Crippen molar-refractivity contribution in [1.29, 1.82) is 0 Å². The number of nitrogens with zero attached hydrogens (tertiary/aromatic N) is 1. The zero-order valence-electron chi connectivity index (χ0n) is 7.99. The van der Waals surface area contributed by atoms with E-state index < -0.39 is 0 Å². The van der Waals surface area contributed by atoms with Crippen LogP contribution in [-0.2, 0) is 4.74 Å². The van der Waals surface area contributed by atoms with Crippen molar-refractivity contribution in [3.05, 3.63) is 0 Å². The van der Waals surface area contributed by atoms with E-state index in [4.69, 9.17) is 4.74 Å². The van der Waals surface area contributed by atoms with Crippen LogP contribution in [-0.4, -0.2) is 56.4 Å². The summed E-state index contributed by atoms with van der Waals surface area (Å²) in [7, 11) is 0. The third kappa shape index (κ3) is 2.73. The van der Waals surface area contributed by atoms with Gasteiger partial charge in [-0.2, -0.15) is 0 Å². The zero-order chi connectivity index (χ0) is 9.10. The highest BCUT2D eigenvalue weighted by molar-refractivity contribution is 5.85. The fraction of sp³-hybridized carbons (Fsp3) is 0.875. The molecule has 6 heteroatoms. The molecule has 0 aromatic carbocycles. The van der Waals surface area contributed by atoms with E-state index in [0.717, 1.165) is 13.1 Å². The average Bonchev–Trinajstić information content (AvgIpc) is 2.12. The first-order chi connectivity index (χ1) is 6.36. The molecule has 0 bridgehead atoms. The molecule has 2 fully saturated rings. The van der Waals surface area contributed by atoms with E-state index in [9.17, 15) is 4.79 Å². The minimum absolute atomic E-state index is 0. The maximum absolute atomic E-state index is 11.5. The molecule has 82 valence electrons. The second-order valence-corrected chi connectivity index (χ2v) is 3.40. The number of morpholine rings is 1. The molecule has 2 heterocycles. The largest absolute Gasteiger partial charge is 0.378 e. The van der Waals surface area contributed by atoms with Crippen LogP contribution in [0.25, 0.3) is 0 Å². The van der Waals surface area contributed by atoms with Gasteiger partial charge in [-0.25, -0.2) is 4.79 Å². The van der Waals surface area contributed by atoms with Crippen molar-refractivity contribution in [3.63, 3.8) is 0 Å². The molecule has 0 aliphatic carbocycles. The Hall–Kier alpha value is -0.520. The van der Waals surface area contributed by atoms with Gasteiger partial charge in [-0.3, -0.25) is 0 Å².